The van der Waals surface area contributed by atoms with Crippen molar-refractivity contribution in [2.75, 3.05) is 26.2 Å². The second kappa shape index (κ2) is 12.7. The minimum absolute atomic E-state index is 0. The summed E-state index contributed by atoms with van der Waals surface area (Å²) < 4.78 is 18.7. The number of nitrogens with one attached hydrogen (secondary N) is 2. The molecule has 2 heterocycles. The summed E-state index contributed by atoms with van der Waals surface area (Å²) in [7, 11) is 0. The van der Waals surface area contributed by atoms with Gasteiger partial charge in [-0.05, 0) is 68.8 Å². The molecule has 0 bridgehead atoms. The zero-order valence-corrected chi connectivity index (χ0v) is 19.9. The van der Waals surface area contributed by atoms with Gasteiger partial charge in [-0.15, -0.1) is 24.0 Å². The normalized spacial score (nSPS) is 16.8. The molecule has 1 saturated heterocycles. The summed E-state index contributed by atoms with van der Waals surface area (Å²) in [6, 6.07) is 10.2. The summed E-state index contributed by atoms with van der Waals surface area (Å²) in [5, 5.41) is 6.78. The third-order valence-electron chi connectivity index (χ3n) is 5.01. The van der Waals surface area contributed by atoms with Crippen LogP contribution < -0.4 is 15.4 Å². The van der Waals surface area contributed by atoms with E-state index in [2.05, 4.69) is 34.4 Å². The predicted octanol–water partition coefficient (Wildman–Crippen LogP) is 4.17. The molecule has 1 fully saturated rings. The van der Waals surface area contributed by atoms with Crippen molar-refractivity contribution in [2.24, 2.45) is 4.99 Å². The first-order valence-corrected chi connectivity index (χ1v) is 10.3. The molecule has 0 radical (unpaired) electrons. The number of hydrogen-bond donors (Lipinski definition) is 2. The Morgan fingerprint density at radius 1 is 1.23 bits per heavy atom. The van der Waals surface area contributed by atoms with Crippen LogP contribution in [0.3, 0.4) is 0 Å². The molecule has 3 rings (SSSR count). The average Bonchev–Trinajstić information content (AvgIpc) is 3.20. The van der Waals surface area contributed by atoms with Gasteiger partial charge in [-0.25, -0.2) is 14.4 Å². The molecular weight excluding hydrogens is 496 g/mol. The number of benzene rings is 1. The topological polar surface area (TPSA) is 61.8 Å². The van der Waals surface area contributed by atoms with Crippen LogP contribution in [-0.4, -0.2) is 48.1 Å². The Hall–Kier alpha value is -1.94. The zero-order valence-electron chi connectivity index (χ0n) is 17.6. The molecule has 0 aliphatic carbocycles. The van der Waals surface area contributed by atoms with Gasteiger partial charge in [-0.3, -0.25) is 4.90 Å². The van der Waals surface area contributed by atoms with Gasteiger partial charge in [0.25, 0.3) is 0 Å². The number of hydrogen-bond acceptors (Lipinski definition) is 4. The van der Waals surface area contributed by atoms with Crippen molar-refractivity contribution in [3.63, 3.8) is 0 Å². The van der Waals surface area contributed by atoms with Crippen molar-refractivity contribution in [2.45, 2.75) is 39.3 Å². The van der Waals surface area contributed by atoms with Gasteiger partial charge >= 0.3 is 0 Å². The van der Waals surface area contributed by atoms with Crippen LogP contribution in [-0.2, 0) is 6.54 Å². The molecule has 8 heteroatoms. The lowest BCUT2D eigenvalue weighted by molar-refractivity contribution is 0.267. The molecule has 1 atom stereocenters. The minimum Gasteiger partial charge on any atom is -0.439 e. The fourth-order valence-electron chi connectivity index (χ4n) is 3.50. The molecule has 0 saturated carbocycles. The van der Waals surface area contributed by atoms with Crippen LogP contribution in [0.4, 0.5) is 4.39 Å². The van der Waals surface area contributed by atoms with Crippen LogP contribution in [0.1, 0.15) is 32.3 Å². The highest BCUT2D eigenvalue weighted by Crippen LogP contribution is 2.20. The van der Waals surface area contributed by atoms with Crippen LogP contribution in [0.2, 0.25) is 0 Å². The second-order valence-electron chi connectivity index (χ2n) is 7.06. The smallest absolute Gasteiger partial charge is 0.219 e. The molecule has 30 heavy (non-hydrogen) atoms. The second-order valence-corrected chi connectivity index (χ2v) is 7.06. The number of pyridine rings is 1. The molecule has 1 aliphatic rings. The summed E-state index contributed by atoms with van der Waals surface area (Å²) in [4.78, 5) is 11.4. The number of rotatable bonds is 8. The fourth-order valence-corrected chi connectivity index (χ4v) is 3.50. The van der Waals surface area contributed by atoms with E-state index in [1.54, 1.807) is 18.3 Å². The molecule has 0 amide bonds. The summed E-state index contributed by atoms with van der Waals surface area (Å²) in [6.07, 6.45) is 4.19. The van der Waals surface area contributed by atoms with Crippen molar-refractivity contribution in [3.05, 3.63) is 54.0 Å². The number of guanidine groups is 1. The first-order chi connectivity index (χ1) is 14.2. The Labute approximate surface area is 195 Å². The third kappa shape index (κ3) is 7.39. The number of aromatic nitrogens is 1. The van der Waals surface area contributed by atoms with Gasteiger partial charge in [0.05, 0.1) is 6.54 Å². The molecule has 1 aromatic carbocycles. The van der Waals surface area contributed by atoms with Crippen LogP contribution in [0.15, 0.2) is 47.6 Å². The lowest BCUT2D eigenvalue weighted by atomic mass is 10.2. The van der Waals surface area contributed by atoms with Crippen molar-refractivity contribution in [3.8, 4) is 11.6 Å². The van der Waals surface area contributed by atoms with E-state index in [4.69, 9.17) is 9.73 Å². The largest absolute Gasteiger partial charge is 0.439 e. The van der Waals surface area contributed by atoms with Gasteiger partial charge in [0.2, 0.25) is 5.88 Å². The van der Waals surface area contributed by atoms with Crippen LogP contribution in [0.25, 0.3) is 0 Å². The van der Waals surface area contributed by atoms with Gasteiger partial charge < -0.3 is 15.4 Å². The van der Waals surface area contributed by atoms with Crippen molar-refractivity contribution >= 4 is 29.9 Å². The molecule has 2 N–H and O–H groups in total. The number of likely N-dealkylation sites (tertiary alicyclic amines) is 1. The molecule has 1 aliphatic heterocycles. The summed E-state index contributed by atoms with van der Waals surface area (Å²) in [5.41, 5.74) is 0.991. The van der Waals surface area contributed by atoms with E-state index in [-0.39, 0.29) is 29.8 Å². The van der Waals surface area contributed by atoms with Crippen LogP contribution in [0.5, 0.6) is 11.6 Å². The Bertz CT molecular complexity index is 802. The van der Waals surface area contributed by atoms with Gasteiger partial charge in [0, 0.05) is 31.4 Å². The summed E-state index contributed by atoms with van der Waals surface area (Å²) in [5.74, 6) is 1.53. The summed E-state index contributed by atoms with van der Waals surface area (Å²) >= 11 is 0. The minimum atomic E-state index is -0.295. The zero-order chi connectivity index (χ0) is 20.5. The van der Waals surface area contributed by atoms with E-state index >= 15 is 0 Å². The van der Waals surface area contributed by atoms with Gasteiger partial charge in [-0.2, -0.15) is 0 Å². The van der Waals surface area contributed by atoms with Crippen molar-refractivity contribution in [1.29, 1.82) is 0 Å². The average molecular weight is 527 g/mol. The quantitative estimate of drug-likeness (QED) is 0.307. The van der Waals surface area contributed by atoms with E-state index in [0.717, 1.165) is 31.2 Å². The molecule has 6 nitrogen and oxygen atoms in total. The fraction of sp³-hybridized carbons (Fsp3) is 0.455. The maximum Gasteiger partial charge on any atom is 0.219 e. The number of nitrogens with zero attached hydrogens (tertiary/aromatic N) is 3. The van der Waals surface area contributed by atoms with Gasteiger partial charge in [0.15, 0.2) is 5.96 Å². The Balaban J connectivity index is 0.00000320. The number of ether oxygens (including phenoxy) is 1. The first-order valence-electron chi connectivity index (χ1n) is 10.3. The maximum atomic E-state index is 13.0. The summed E-state index contributed by atoms with van der Waals surface area (Å²) in [6.45, 7) is 8.77. The van der Waals surface area contributed by atoms with Gasteiger partial charge in [0.1, 0.15) is 11.6 Å². The standard InChI is InChI=1S/C22H30FN5O.HI/c1-3-24-22(27-16-19-6-5-13-28(19)4-2)26-15-17-11-12-25-21(14-17)29-20-9-7-18(23)8-10-20;/h7-12,14,19H,3-6,13,15-16H2,1-2H3,(H2,24,26,27);1H. The SMILES string of the molecule is CCNC(=NCc1ccnc(Oc2ccc(F)cc2)c1)NCC1CCCN1CC.I. The van der Waals surface area contributed by atoms with E-state index in [1.165, 1.54) is 31.5 Å². The molecule has 1 aromatic heterocycles. The van der Waals surface area contributed by atoms with Crippen LogP contribution in [0, 0.1) is 5.82 Å². The maximum absolute atomic E-state index is 13.0. The highest BCUT2D eigenvalue weighted by Gasteiger charge is 2.22. The van der Waals surface area contributed by atoms with E-state index < -0.39 is 0 Å². The predicted molar refractivity (Wildman–Crippen MR) is 129 cm³/mol. The monoisotopic (exact) mass is 527 g/mol. The highest BCUT2D eigenvalue weighted by atomic mass is 127. The van der Waals surface area contributed by atoms with E-state index in [0.29, 0.717) is 24.2 Å². The lowest BCUT2D eigenvalue weighted by Gasteiger charge is -2.24. The Kier molecular flexibility index (Phi) is 10.3. The molecule has 0 spiro atoms. The first kappa shape index (κ1) is 24.3. The Morgan fingerprint density at radius 3 is 2.77 bits per heavy atom. The molecule has 1 unspecified atom stereocenters. The third-order valence-corrected chi connectivity index (χ3v) is 5.01. The molecule has 2 aromatic rings. The number of halogens is 2. The van der Waals surface area contributed by atoms with E-state index in [1.807, 2.05) is 12.1 Å². The molecule has 164 valence electrons. The number of likely N-dealkylation sites (N-methyl/N-ethyl adjacent to an activating group) is 1. The van der Waals surface area contributed by atoms with Gasteiger partial charge in [-0.1, -0.05) is 6.92 Å². The van der Waals surface area contributed by atoms with Crippen molar-refractivity contribution in [1.82, 2.24) is 20.5 Å². The molecular formula is C22H31FIN5O. The number of aliphatic imine (C=N–C) groups is 1. The lowest BCUT2D eigenvalue weighted by Crippen LogP contribution is -2.44. The highest BCUT2D eigenvalue weighted by molar-refractivity contribution is 14.0. The van der Waals surface area contributed by atoms with E-state index in [9.17, 15) is 4.39 Å². The van der Waals surface area contributed by atoms with Crippen molar-refractivity contribution < 1.29 is 9.13 Å². The Morgan fingerprint density at radius 2 is 2.03 bits per heavy atom. The van der Waals surface area contributed by atoms with Crippen LogP contribution >= 0.6 is 24.0 Å².